The molecule has 0 heterocycles. The molecule has 6 heteroatoms. The van der Waals surface area contributed by atoms with E-state index >= 15 is 0 Å². The van der Waals surface area contributed by atoms with Crippen molar-refractivity contribution in [3.05, 3.63) is 35.9 Å². The Morgan fingerprint density at radius 1 is 1.37 bits per heavy atom. The van der Waals surface area contributed by atoms with E-state index in [-0.39, 0.29) is 13.0 Å². The first-order chi connectivity index (χ1) is 9.00. The number of carbonyl (C=O) groups is 2. The molecule has 1 unspecified atom stereocenters. The number of benzene rings is 1. The zero-order valence-corrected chi connectivity index (χ0v) is 10.6. The molecular formula is C13H16FNO4. The molecule has 104 valence electrons. The van der Waals surface area contributed by atoms with Gasteiger partial charge >= 0.3 is 12.1 Å². The Morgan fingerprint density at radius 2 is 2.00 bits per heavy atom. The lowest BCUT2D eigenvalue weighted by molar-refractivity contribution is -0.144. The Balaban J connectivity index is 2.78. The fourth-order valence-electron chi connectivity index (χ4n) is 1.48. The lowest BCUT2D eigenvalue weighted by Crippen LogP contribution is -2.49. The summed E-state index contributed by atoms with van der Waals surface area (Å²) in [5.41, 5.74) is -1.17. The van der Waals surface area contributed by atoms with Gasteiger partial charge in [-0.1, -0.05) is 30.3 Å². The topological polar surface area (TPSA) is 75.6 Å². The van der Waals surface area contributed by atoms with Gasteiger partial charge in [0.25, 0.3) is 0 Å². The number of aliphatic carboxylic acids is 1. The minimum Gasteiger partial charge on any atom is -0.479 e. The number of carboxylic acid groups (broad SMARTS) is 1. The molecule has 1 aromatic carbocycles. The van der Waals surface area contributed by atoms with Crippen LogP contribution >= 0.6 is 0 Å². The summed E-state index contributed by atoms with van der Waals surface area (Å²) in [7, 11) is 0. The molecule has 1 amide bonds. The molecule has 0 aliphatic heterocycles. The molecule has 1 aromatic rings. The first-order valence-corrected chi connectivity index (χ1v) is 5.80. The highest BCUT2D eigenvalue weighted by Crippen LogP contribution is 2.21. The summed E-state index contributed by atoms with van der Waals surface area (Å²) in [4.78, 5) is 22.8. The smallest absolute Gasteiger partial charge is 0.408 e. The molecule has 0 saturated carbocycles. The van der Waals surface area contributed by atoms with Crippen molar-refractivity contribution in [1.29, 1.82) is 0 Å². The van der Waals surface area contributed by atoms with Crippen molar-refractivity contribution < 1.29 is 23.8 Å². The van der Waals surface area contributed by atoms with Crippen molar-refractivity contribution >= 4 is 12.1 Å². The number of carbonyl (C=O) groups excluding carboxylic acids is 1. The number of amides is 1. The fourth-order valence-corrected chi connectivity index (χ4v) is 1.48. The third-order valence-corrected chi connectivity index (χ3v) is 2.64. The molecule has 5 nitrogen and oxygen atoms in total. The highest BCUT2D eigenvalue weighted by molar-refractivity contribution is 5.85. The number of carboxylic acids is 1. The Morgan fingerprint density at radius 3 is 2.53 bits per heavy atom. The third-order valence-electron chi connectivity index (χ3n) is 2.64. The second kappa shape index (κ2) is 6.72. The van der Waals surface area contributed by atoms with Crippen LogP contribution in [0.2, 0.25) is 0 Å². The number of alkyl carbamates (subject to hydrolysis) is 1. The first kappa shape index (κ1) is 14.9. The van der Waals surface area contributed by atoms with Crippen molar-refractivity contribution in [3.8, 4) is 0 Å². The van der Waals surface area contributed by atoms with Gasteiger partial charge in [0.05, 0.1) is 13.3 Å². The van der Waals surface area contributed by atoms with E-state index in [2.05, 4.69) is 5.32 Å². The van der Waals surface area contributed by atoms with Crippen LogP contribution in [-0.2, 0) is 15.1 Å². The highest BCUT2D eigenvalue weighted by Gasteiger charge is 2.37. The summed E-state index contributed by atoms with van der Waals surface area (Å²) in [5.74, 6) is -1.21. The molecule has 0 bridgehead atoms. The van der Waals surface area contributed by atoms with Gasteiger partial charge in [-0.2, -0.15) is 0 Å². The fraction of sp³-hybridized carbons (Fsp3) is 0.385. The summed E-state index contributed by atoms with van der Waals surface area (Å²) in [5, 5.41) is 11.6. The van der Waals surface area contributed by atoms with Gasteiger partial charge in [0.1, 0.15) is 0 Å². The third kappa shape index (κ3) is 3.94. The lowest BCUT2D eigenvalue weighted by atomic mass is 9.92. The predicted octanol–water partition coefficient (Wildman–Crippen LogP) is 2.07. The van der Waals surface area contributed by atoms with Crippen LogP contribution in [-0.4, -0.2) is 30.5 Å². The SMILES string of the molecule is CC(NC(=O)OCCCF)(C(=O)O)c1ccccc1. The van der Waals surface area contributed by atoms with Gasteiger partial charge < -0.3 is 15.2 Å². The van der Waals surface area contributed by atoms with Crippen LogP contribution in [0.4, 0.5) is 9.18 Å². The van der Waals surface area contributed by atoms with Gasteiger partial charge in [0, 0.05) is 6.42 Å². The standard InChI is InChI=1S/C13H16FNO4/c1-13(11(16)17,10-6-3-2-4-7-10)15-12(18)19-9-5-8-14/h2-4,6-7H,5,8-9H2,1H3,(H,15,18)(H,16,17). The number of alkyl halides is 1. The van der Waals surface area contributed by atoms with Crippen LogP contribution in [0.3, 0.4) is 0 Å². The van der Waals surface area contributed by atoms with Gasteiger partial charge in [-0.15, -0.1) is 0 Å². The normalized spacial score (nSPS) is 13.4. The highest BCUT2D eigenvalue weighted by atomic mass is 19.1. The summed E-state index contributed by atoms with van der Waals surface area (Å²) >= 11 is 0. The average Bonchev–Trinajstić information content (AvgIpc) is 2.39. The average molecular weight is 269 g/mol. The maximum atomic E-state index is 11.9. The van der Waals surface area contributed by atoms with E-state index in [1.54, 1.807) is 30.3 Å². The van der Waals surface area contributed by atoms with Gasteiger partial charge in [0.15, 0.2) is 5.54 Å². The first-order valence-electron chi connectivity index (χ1n) is 5.80. The van der Waals surface area contributed by atoms with Crippen molar-refractivity contribution in [3.63, 3.8) is 0 Å². The van der Waals surface area contributed by atoms with Gasteiger partial charge in [-0.3, -0.25) is 4.39 Å². The van der Waals surface area contributed by atoms with E-state index in [1.807, 2.05) is 0 Å². The van der Waals surface area contributed by atoms with Gasteiger partial charge in [0.2, 0.25) is 0 Å². The Kier molecular flexibility index (Phi) is 5.29. The molecule has 2 N–H and O–H groups in total. The number of hydrogen-bond acceptors (Lipinski definition) is 3. The Bertz CT molecular complexity index is 438. The minimum absolute atomic E-state index is 0.0859. The molecule has 0 aliphatic carbocycles. The predicted molar refractivity (Wildman–Crippen MR) is 66.5 cm³/mol. The second-order valence-corrected chi connectivity index (χ2v) is 4.10. The van der Waals surface area contributed by atoms with Crippen LogP contribution < -0.4 is 5.32 Å². The molecule has 0 spiro atoms. The van der Waals surface area contributed by atoms with Gasteiger partial charge in [-0.05, 0) is 12.5 Å². The Labute approximate surface area is 110 Å². The molecule has 1 atom stereocenters. The van der Waals surface area contributed by atoms with Crippen molar-refractivity contribution in [2.75, 3.05) is 13.3 Å². The van der Waals surface area contributed by atoms with E-state index in [0.717, 1.165) is 0 Å². The van der Waals surface area contributed by atoms with Crippen LogP contribution in [0.1, 0.15) is 18.9 Å². The van der Waals surface area contributed by atoms with Crippen LogP contribution in [0.25, 0.3) is 0 Å². The van der Waals surface area contributed by atoms with Crippen molar-refractivity contribution in [2.45, 2.75) is 18.9 Å². The number of rotatable bonds is 6. The number of ether oxygens (including phenoxy) is 1. The molecular weight excluding hydrogens is 253 g/mol. The molecule has 0 fully saturated rings. The number of halogens is 1. The molecule has 0 aliphatic rings. The van der Waals surface area contributed by atoms with Gasteiger partial charge in [-0.25, -0.2) is 9.59 Å². The van der Waals surface area contributed by atoms with Crippen LogP contribution in [0, 0.1) is 0 Å². The van der Waals surface area contributed by atoms with Crippen LogP contribution in [0.5, 0.6) is 0 Å². The summed E-state index contributed by atoms with van der Waals surface area (Å²) in [6.07, 6.45) is -0.801. The maximum Gasteiger partial charge on any atom is 0.408 e. The summed E-state index contributed by atoms with van der Waals surface area (Å²) in [6.45, 7) is 0.677. The minimum atomic E-state index is -1.59. The quantitative estimate of drug-likeness (QED) is 0.775. The number of nitrogens with one attached hydrogen (secondary N) is 1. The molecule has 1 rings (SSSR count). The monoisotopic (exact) mass is 269 g/mol. The van der Waals surface area contributed by atoms with E-state index in [4.69, 9.17) is 4.74 Å². The van der Waals surface area contributed by atoms with E-state index in [0.29, 0.717) is 5.56 Å². The molecule has 0 radical (unpaired) electrons. The van der Waals surface area contributed by atoms with Crippen molar-refractivity contribution in [2.24, 2.45) is 0 Å². The maximum absolute atomic E-state index is 11.9. The largest absolute Gasteiger partial charge is 0.479 e. The van der Waals surface area contributed by atoms with E-state index in [9.17, 15) is 19.1 Å². The molecule has 0 saturated heterocycles. The summed E-state index contributed by atoms with van der Waals surface area (Å²) in [6, 6.07) is 8.27. The van der Waals surface area contributed by atoms with E-state index < -0.39 is 24.3 Å². The zero-order valence-electron chi connectivity index (χ0n) is 10.6. The lowest BCUT2D eigenvalue weighted by Gasteiger charge is -2.26. The molecule has 0 aromatic heterocycles. The second-order valence-electron chi connectivity index (χ2n) is 4.10. The van der Waals surface area contributed by atoms with Crippen molar-refractivity contribution in [1.82, 2.24) is 5.32 Å². The molecule has 19 heavy (non-hydrogen) atoms. The summed E-state index contributed by atoms with van der Waals surface area (Å²) < 4.78 is 16.6. The van der Waals surface area contributed by atoms with Crippen LogP contribution in [0.15, 0.2) is 30.3 Å². The Hall–Kier alpha value is -2.11. The zero-order chi connectivity index (χ0) is 14.3. The van der Waals surface area contributed by atoms with E-state index in [1.165, 1.54) is 6.92 Å². The number of hydrogen-bond donors (Lipinski definition) is 2.